The van der Waals surface area contributed by atoms with Crippen LogP contribution in [0.5, 0.6) is 0 Å². The van der Waals surface area contributed by atoms with Crippen LogP contribution >= 0.6 is 58.3 Å². The van der Waals surface area contributed by atoms with Crippen molar-refractivity contribution in [2.75, 3.05) is 11.5 Å². The molecule has 3 rings (SSSR count). The van der Waals surface area contributed by atoms with E-state index in [1.807, 2.05) is 18.7 Å². The maximum Gasteiger partial charge on any atom is 0.0945 e. The highest BCUT2D eigenvalue weighted by Gasteiger charge is 2.37. The molecule has 0 aliphatic carbocycles. The van der Waals surface area contributed by atoms with Crippen molar-refractivity contribution in [3.8, 4) is 0 Å². The third-order valence-corrected chi connectivity index (χ3v) is 9.23. The van der Waals surface area contributed by atoms with Gasteiger partial charge in [-0.15, -0.1) is 23.5 Å². The Labute approximate surface area is 173 Å². The first kappa shape index (κ1) is 19.8. The topological polar surface area (TPSA) is 17.8 Å². The lowest BCUT2D eigenvalue weighted by Crippen LogP contribution is -2.33. The average Bonchev–Trinajstić information content (AvgIpc) is 3.11. The summed E-state index contributed by atoms with van der Waals surface area (Å²) in [4.78, 5) is 4.15. The summed E-state index contributed by atoms with van der Waals surface area (Å²) in [6, 6.07) is 3.59. The van der Waals surface area contributed by atoms with E-state index >= 15 is 0 Å². The SMILES string of the molecule is CCC1CSC(CCn2ccnc2)(Cc2c(Cl)cc(Cl)cc2Cl)SC1. The molecule has 1 fully saturated rings. The van der Waals surface area contributed by atoms with Gasteiger partial charge in [0.25, 0.3) is 0 Å². The molecular weight excluding hydrogens is 415 g/mol. The second-order valence-electron chi connectivity index (χ2n) is 6.38. The molecule has 1 saturated heterocycles. The summed E-state index contributed by atoms with van der Waals surface area (Å²) in [5.41, 5.74) is 1.01. The number of rotatable bonds is 6. The van der Waals surface area contributed by atoms with Crippen LogP contribution in [0.1, 0.15) is 25.3 Å². The Morgan fingerprint density at radius 3 is 2.44 bits per heavy atom. The van der Waals surface area contributed by atoms with E-state index in [0.717, 1.165) is 30.9 Å². The van der Waals surface area contributed by atoms with Crippen molar-refractivity contribution >= 4 is 58.3 Å². The van der Waals surface area contributed by atoms with E-state index < -0.39 is 0 Å². The third kappa shape index (κ3) is 5.04. The molecule has 0 saturated carbocycles. The van der Waals surface area contributed by atoms with Crippen LogP contribution in [0.2, 0.25) is 15.1 Å². The van der Waals surface area contributed by atoms with Crippen molar-refractivity contribution in [3.63, 3.8) is 0 Å². The highest BCUT2D eigenvalue weighted by molar-refractivity contribution is 8.18. The van der Waals surface area contributed by atoms with Crippen molar-refractivity contribution in [1.29, 1.82) is 0 Å². The Morgan fingerprint density at radius 1 is 1.20 bits per heavy atom. The van der Waals surface area contributed by atoms with Crippen LogP contribution in [0.3, 0.4) is 0 Å². The van der Waals surface area contributed by atoms with E-state index in [1.54, 1.807) is 12.1 Å². The fourth-order valence-electron chi connectivity index (χ4n) is 2.93. The summed E-state index contributed by atoms with van der Waals surface area (Å²) in [6.07, 6.45) is 8.85. The lowest BCUT2D eigenvalue weighted by atomic mass is 10.1. The van der Waals surface area contributed by atoms with Gasteiger partial charge in [0.1, 0.15) is 0 Å². The molecule has 0 amide bonds. The predicted molar refractivity (Wildman–Crippen MR) is 113 cm³/mol. The van der Waals surface area contributed by atoms with Crippen LogP contribution in [0.25, 0.3) is 0 Å². The largest absolute Gasteiger partial charge is 0.337 e. The van der Waals surface area contributed by atoms with Crippen molar-refractivity contribution in [2.45, 2.75) is 36.8 Å². The fourth-order valence-corrected chi connectivity index (χ4v) is 7.52. The normalized spacial score (nSPS) is 23.8. The minimum Gasteiger partial charge on any atom is -0.337 e. The Kier molecular flexibility index (Phi) is 6.95. The monoisotopic (exact) mass is 434 g/mol. The number of hydrogen-bond acceptors (Lipinski definition) is 3. The van der Waals surface area contributed by atoms with Gasteiger partial charge in [-0.2, -0.15) is 0 Å². The molecule has 136 valence electrons. The van der Waals surface area contributed by atoms with Gasteiger partial charge in [-0.05, 0) is 48.0 Å². The van der Waals surface area contributed by atoms with Gasteiger partial charge in [-0.25, -0.2) is 4.98 Å². The van der Waals surface area contributed by atoms with Crippen LogP contribution in [-0.4, -0.2) is 25.1 Å². The zero-order valence-electron chi connectivity index (χ0n) is 14.1. The quantitative estimate of drug-likeness (QED) is 0.504. The summed E-state index contributed by atoms with van der Waals surface area (Å²) < 4.78 is 2.22. The van der Waals surface area contributed by atoms with E-state index in [9.17, 15) is 0 Å². The second kappa shape index (κ2) is 8.79. The van der Waals surface area contributed by atoms with E-state index in [1.165, 1.54) is 17.9 Å². The summed E-state index contributed by atoms with van der Waals surface area (Å²) in [6.45, 7) is 3.22. The van der Waals surface area contributed by atoms with E-state index in [2.05, 4.69) is 40.0 Å². The number of halogens is 3. The molecule has 0 N–H and O–H groups in total. The van der Waals surface area contributed by atoms with Gasteiger partial charge in [0.05, 0.1) is 10.4 Å². The van der Waals surface area contributed by atoms with Gasteiger partial charge in [0, 0.05) is 34.0 Å². The summed E-state index contributed by atoms with van der Waals surface area (Å²) in [5, 5.41) is 1.91. The number of imidazole rings is 1. The highest BCUT2D eigenvalue weighted by Crippen LogP contribution is 2.50. The Bertz CT molecular complexity index is 675. The minimum absolute atomic E-state index is 0.0804. The Hall–Kier alpha value is -0.0000000000000000555. The molecule has 1 aromatic carbocycles. The van der Waals surface area contributed by atoms with Crippen LogP contribution in [0, 0.1) is 5.92 Å². The maximum absolute atomic E-state index is 6.47. The Balaban J connectivity index is 1.81. The van der Waals surface area contributed by atoms with Gasteiger partial charge in [0.2, 0.25) is 0 Å². The molecule has 1 aliphatic heterocycles. The van der Waals surface area contributed by atoms with Crippen molar-refractivity contribution in [2.24, 2.45) is 5.92 Å². The molecule has 1 aromatic heterocycles. The average molecular weight is 436 g/mol. The zero-order valence-corrected chi connectivity index (χ0v) is 18.0. The molecule has 7 heteroatoms. The second-order valence-corrected chi connectivity index (χ2v) is 10.7. The molecule has 2 nitrogen and oxygen atoms in total. The first-order valence-corrected chi connectivity index (χ1v) is 11.5. The molecule has 0 radical (unpaired) electrons. The summed E-state index contributed by atoms with van der Waals surface area (Å²) >= 11 is 23.1. The van der Waals surface area contributed by atoms with Crippen molar-refractivity contribution < 1.29 is 0 Å². The van der Waals surface area contributed by atoms with Crippen molar-refractivity contribution in [1.82, 2.24) is 9.55 Å². The lowest BCUT2D eigenvalue weighted by Gasteiger charge is -2.39. The first-order valence-electron chi connectivity index (χ1n) is 8.38. The molecular formula is C18H21Cl3N2S2. The Morgan fingerprint density at radius 2 is 1.88 bits per heavy atom. The first-order chi connectivity index (χ1) is 12.0. The third-order valence-electron chi connectivity index (χ3n) is 4.60. The van der Waals surface area contributed by atoms with E-state index in [0.29, 0.717) is 15.1 Å². The van der Waals surface area contributed by atoms with Gasteiger partial charge in [0.15, 0.2) is 0 Å². The van der Waals surface area contributed by atoms with E-state index in [-0.39, 0.29) is 4.08 Å². The van der Waals surface area contributed by atoms with Crippen LogP contribution in [-0.2, 0) is 13.0 Å². The number of nitrogens with zero attached hydrogens (tertiary/aromatic N) is 2. The molecule has 2 heterocycles. The van der Waals surface area contributed by atoms with Gasteiger partial charge in [-0.1, -0.05) is 48.1 Å². The molecule has 0 atom stereocenters. The molecule has 0 spiro atoms. The standard InChI is InChI=1S/C18H21Cl3N2S2/c1-2-13-10-24-18(25-11-13,3-5-23-6-4-22-12-23)9-15-16(20)7-14(19)8-17(15)21/h4,6-8,12-13H,2-3,5,9-11H2,1H3. The molecule has 1 aliphatic rings. The predicted octanol–water partition coefficient (Wildman–Crippen LogP) is 6.68. The number of thioether (sulfide) groups is 2. The highest BCUT2D eigenvalue weighted by atomic mass is 35.5. The molecule has 25 heavy (non-hydrogen) atoms. The number of benzene rings is 1. The van der Waals surface area contributed by atoms with Gasteiger partial charge < -0.3 is 4.57 Å². The molecule has 0 unspecified atom stereocenters. The number of aryl methyl sites for hydroxylation is 1. The van der Waals surface area contributed by atoms with Crippen LogP contribution in [0.15, 0.2) is 30.9 Å². The maximum atomic E-state index is 6.47. The van der Waals surface area contributed by atoms with Gasteiger partial charge in [-0.3, -0.25) is 0 Å². The lowest BCUT2D eigenvalue weighted by molar-refractivity contribution is 0.575. The zero-order chi connectivity index (χ0) is 17.9. The van der Waals surface area contributed by atoms with Crippen molar-refractivity contribution in [3.05, 3.63) is 51.5 Å². The number of aromatic nitrogens is 2. The summed E-state index contributed by atoms with van der Waals surface area (Å²) in [5.74, 6) is 3.17. The molecule has 0 bridgehead atoms. The summed E-state index contributed by atoms with van der Waals surface area (Å²) in [7, 11) is 0. The fraction of sp³-hybridized carbons (Fsp3) is 0.500. The smallest absolute Gasteiger partial charge is 0.0945 e. The van der Waals surface area contributed by atoms with Crippen LogP contribution in [0.4, 0.5) is 0 Å². The van der Waals surface area contributed by atoms with Crippen LogP contribution < -0.4 is 0 Å². The minimum atomic E-state index is 0.0804. The number of hydrogen-bond donors (Lipinski definition) is 0. The van der Waals surface area contributed by atoms with Gasteiger partial charge >= 0.3 is 0 Å². The molecule has 2 aromatic rings. The van der Waals surface area contributed by atoms with E-state index in [4.69, 9.17) is 34.8 Å².